The Morgan fingerprint density at radius 2 is 1.79 bits per heavy atom. The van der Waals surface area contributed by atoms with E-state index >= 15 is 0 Å². The molecule has 1 saturated heterocycles. The molecule has 2 rings (SSSR count). The highest BCUT2D eigenvalue weighted by Crippen LogP contribution is 2.33. The summed E-state index contributed by atoms with van der Waals surface area (Å²) in [4.78, 5) is 11.9. The lowest BCUT2D eigenvalue weighted by Gasteiger charge is -2.12. The van der Waals surface area contributed by atoms with Crippen LogP contribution >= 0.6 is 0 Å². The van der Waals surface area contributed by atoms with E-state index in [1.54, 1.807) is 12.1 Å². The molecule has 8 nitrogen and oxygen atoms in total. The maximum absolute atomic E-state index is 11.9. The number of sulfone groups is 1. The van der Waals surface area contributed by atoms with E-state index in [-0.39, 0.29) is 11.5 Å². The summed E-state index contributed by atoms with van der Waals surface area (Å²) in [6.45, 7) is 0. The van der Waals surface area contributed by atoms with Gasteiger partial charge in [0.1, 0.15) is 5.75 Å². The molecular weight excluding hydrogens is 336 g/mol. The first-order chi connectivity index (χ1) is 11.4. The molecule has 1 aromatic carbocycles. The summed E-state index contributed by atoms with van der Waals surface area (Å²) in [6.07, 6.45) is 1.73. The van der Waals surface area contributed by atoms with E-state index in [1.165, 1.54) is 27.5 Å². The fourth-order valence-corrected chi connectivity index (χ4v) is 4.15. The highest BCUT2D eigenvalue weighted by molar-refractivity contribution is 7.91. The summed E-state index contributed by atoms with van der Waals surface area (Å²) in [5.41, 5.74) is 2.94. The Kier molecular flexibility index (Phi) is 5.66. The molecule has 1 aliphatic rings. The van der Waals surface area contributed by atoms with Gasteiger partial charge >= 0.3 is 0 Å². The van der Waals surface area contributed by atoms with Crippen LogP contribution in [0.3, 0.4) is 0 Å². The standard InChI is InChI=1S/C15H20N2O6S/c1-21-12-7-14(23-3)13(22-2)6-11(12)8-16-17-15(18)10-4-5-24(19,20)9-10/h6-8,10H,4-5,9H2,1-3H3,(H,17,18)/b16-8-/t10-/m0/s1. The molecule has 132 valence electrons. The van der Waals surface area contributed by atoms with E-state index in [0.717, 1.165) is 0 Å². The molecule has 1 aliphatic heterocycles. The Hall–Kier alpha value is -2.29. The van der Waals surface area contributed by atoms with Crippen molar-refractivity contribution < 1.29 is 27.4 Å². The van der Waals surface area contributed by atoms with Crippen molar-refractivity contribution >= 4 is 22.0 Å². The first-order valence-electron chi connectivity index (χ1n) is 7.23. The van der Waals surface area contributed by atoms with Gasteiger partial charge in [-0.25, -0.2) is 13.8 Å². The Labute approximate surface area is 140 Å². The van der Waals surface area contributed by atoms with Crippen molar-refractivity contribution in [3.63, 3.8) is 0 Å². The lowest BCUT2D eigenvalue weighted by molar-refractivity contribution is -0.124. The molecule has 1 fully saturated rings. The summed E-state index contributed by atoms with van der Waals surface area (Å²) in [5.74, 6) is 0.437. The van der Waals surface area contributed by atoms with Crippen molar-refractivity contribution in [1.29, 1.82) is 0 Å². The fraction of sp³-hybridized carbons (Fsp3) is 0.467. The molecule has 0 aromatic heterocycles. The highest BCUT2D eigenvalue weighted by atomic mass is 32.2. The summed E-state index contributed by atoms with van der Waals surface area (Å²) in [6, 6.07) is 3.30. The van der Waals surface area contributed by atoms with Crippen LogP contribution in [-0.2, 0) is 14.6 Å². The van der Waals surface area contributed by atoms with E-state index in [4.69, 9.17) is 14.2 Å². The number of nitrogens with zero attached hydrogens (tertiary/aromatic N) is 1. The van der Waals surface area contributed by atoms with Gasteiger partial charge in [0.15, 0.2) is 21.3 Å². The molecule has 0 radical (unpaired) electrons. The number of ether oxygens (including phenoxy) is 3. The number of benzene rings is 1. The molecule has 1 atom stereocenters. The number of carbonyl (C=O) groups excluding carboxylic acids is 1. The molecule has 1 amide bonds. The van der Waals surface area contributed by atoms with E-state index < -0.39 is 21.7 Å². The van der Waals surface area contributed by atoms with Crippen LogP contribution in [0.5, 0.6) is 17.2 Å². The first-order valence-corrected chi connectivity index (χ1v) is 9.05. The second-order valence-corrected chi connectivity index (χ2v) is 7.51. The minimum absolute atomic E-state index is 0.0400. The number of hydrazone groups is 1. The number of methoxy groups -OCH3 is 3. The van der Waals surface area contributed by atoms with Gasteiger partial charge in [-0.05, 0) is 12.5 Å². The van der Waals surface area contributed by atoms with Gasteiger partial charge in [-0.15, -0.1) is 0 Å². The van der Waals surface area contributed by atoms with Crippen molar-refractivity contribution in [2.45, 2.75) is 6.42 Å². The SMILES string of the molecule is COc1cc(OC)c(OC)cc1/C=N\NC(=O)[C@H]1CCS(=O)(=O)C1. The molecule has 0 bridgehead atoms. The van der Waals surface area contributed by atoms with Gasteiger partial charge in [-0.3, -0.25) is 4.79 Å². The Bertz CT molecular complexity index is 745. The topological polar surface area (TPSA) is 103 Å². The summed E-state index contributed by atoms with van der Waals surface area (Å²) < 4.78 is 38.4. The number of hydrogen-bond donors (Lipinski definition) is 1. The zero-order valence-corrected chi connectivity index (χ0v) is 14.6. The fourth-order valence-electron chi connectivity index (χ4n) is 2.41. The van der Waals surface area contributed by atoms with E-state index in [0.29, 0.717) is 29.2 Å². The minimum atomic E-state index is -3.11. The smallest absolute Gasteiger partial charge is 0.244 e. The van der Waals surface area contributed by atoms with Gasteiger partial charge in [-0.2, -0.15) is 5.10 Å². The molecule has 0 aliphatic carbocycles. The second kappa shape index (κ2) is 7.52. The summed E-state index contributed by atoms with van der Waals surface area (Å²) in [5, 5.41) is 3.88. The first kappa shape index (κ1) is 18.1. The largest absolute Gasteiger partial charge is 0.496 e. The Balaban J connectivity index is 2.10. The zero-order valence-electron chi connectivity index (χ0n) is 13.7. The van der Waals surface area contributed by atoms with Crippen LogP contribution in [0.25, 0.3) is 0 Å². The van der Waals surface area contributed by atoms with Crippen LogP contribution < -0.4 is 19.6 Å². The number of carbonyl (C=O) groups is 1. The third-order valence-electron chi connectivity index (χ3n) is 3.72. The third-order valence-corrected chi connectivity index (χ3v) is 5.49. The third kappa shape index (κ3) is 4.16. The van der Waals surface area contributed by atoms with Crippen molar-refractivity contribution in [3.8, 4) is 17.2 Å². The highest BCUT2D eigenvalue weighted by Gasteiger charge is 2.32. The molecule has 24 heavy (non-hydrogen) atoms. The molecule has 0 saturated carbocycles. The van der Waals surface area contributed by atoms with Crippen molar-refractivity contribution in [1.82, 2.24) is 5.43 Å². The van der Waals surface area contributed by atoms with E-state index in [9.17, 15) is 13.2 Å². The molecule has 9 heteroatoms. The van der Waals surface area contributed by atoms with Crippen LogP contribution in [0.1, 0.15) is 12.0 Å². The van der Waals surface area contributed by atoms with Gasteiger partial charge in [0, 0.05) is 11.6 Å². The van der Waals surface area contributed by atoms with E-state index in [2.05, 4.69) is 10.5 Å². The van der Waals surface area contributed by atoms with E-state index in [1.807, 2.05) is 0 Å². The van der Waals surface area contributed by atoms with Gasteiger partial charge in [0.05, 0.1) is 45.0 Å². The van der Waals surface area contributed by atoms with Crippen LogP contribution in [0.2, 0.25) is 0 Å². The molecule has 1 heterocycles. The van der Waals surface area contributed by atoms with Crippen LogP contribution in [-0.4, -0.2) is 53.4 Å². The maximum atomic E-state index is 11.9. The lowest BCUT2D eigenvalue weighted by atomic mass is 10.1. The summed E-state index contributed by atoms with van der Waals surface area (Å²) in [7, 11) is 1.41. The van der Waals surface area contributed by atoms with Crippen LogP contribution in [0.4, 0.5) is 0 Å². The molecule has 1 N–H and O–H groups in total. The maximum Gasteiger partial charge on any atom is 0.244 e. The second-order valence-electron chi connectivity index (χ2n) is 5.28. The minimum Gasteiger partial charge on any atom is -0.496 e. The van der Waals surface area contributed by atoms with Gasteiger partial charge < -0.3 is 14.2 Å². The van der Waals surface area contributed by atoms with Crippen molar-refractivity contribution in [3.05, 3.63) is 17.7 Å². The number of rotatable bonds is 6. The lowest BCUT2D eigenvalue weighted by Crippen LogP contribution is -2.27. The zero-order chi connectivity index (χ0) is 17.7. The average molecular weight is 356 g/mol. The van der Waals surface area contributed by atoms with Crippen LogP contribution in [0, 0.1) is 5.92 Å². The predicted molar refractivity (Wildman–Crippen MR) is 88.6 cm³/mol. The molecule has 0 spiro atoms. The molecular formula is C15H20N2O6S. The average Bonchev–Trinajstić information content (AvgIpc) is 2.94. The Morgan fingerprint density at radius 3 is 2.33 bits per heavy atom. The molecule has 0 unspecified atom stereocenters. The molecule has 1 aromatic rings. The number of amides is 1. The van der Waals surface area contributed by atoms with Gasteiger partial charge in [-0.1, -0.05) is 0 Å². The predicted octanol–water partition coefficient (Wildman–Crippen LogP) is 0.597. The number of hydrogen-bond acceptors (Lipinski definition) is 7. The van der Waals surface area contributed by atoms with Crippen LogP contribution in [0.15, 0.2) is 17.2 Å². The Morgan fingerprint density at radius 1 is 1.17 bits per heavy atom. The van der Waals surface area contributed by atoms with Crippen molar-refractivity contribution in [2.75, 3.05) is 32.8 Å². The summed E-state index contributed by atoms with van der Waals surface area (Å²) >= 11 is 0. The van der Waals surface area contributed by atoms with Crippen molar-refractivity contribution in [2.24, 2.45) is 11.0 Å². The monoisotopic (exact) mass is 356 g/mol. The normalized spacial score (nSPS) is 19.2. The quantitative estimate of drug-likeness (QED) is 0.591. The van der Waals surface area contributed by atoms with Gasteiger partial charge in [0.2, 0.25) is 5.91 Å². The number of nitrogens with one attached hydrogen (secondary N) is 1. The van der Waals surface area contributed by atoms with Gasteiger partial charge in [0.25, 0.3) is 0 Å².